The highest BCUT2D eigenvalue weighted by molar-refractivity contribution is 5.78. The van der Waals surface area contributed by atoms with Crippen molar-refractivity contribution in [3.63, 3.8) is 0 Å². The Morgan fingerprint density at radius 2 is 1.78 bits per heavy atom. The fourth-order valence-corrected chi connectivity index (χ4v) is 2.64. The van der Waals surface area contributed by atoms with Crippen LogP contribution in [0, 0.1) is 12.3 Å². The van der Waals surface area contributed by atoms with Crippen molar-refractivity contribution in [1.82, 2.24) is 0 Å². The molecular formula is C19H23NO3. The van der Waals surface area contributed by atoms with Crippen LogP contribution in [0.3, 0.4) is 0 Å². The molecule has 0 heterocycles. The zero-order valence-electron chi connectivity index (χ0n) is 14.0. The van der Waals surface area contributed by atoms with Crippen LogP contribution in [0.5, 0.6) is 5.75 Å². The average molecular weight is 313 g/mol. The Bertz CT molecular complexity index is 680. The van der Waals surface area contributed by atoms with Gasteiger partial charge >= 0.3 is 5.97 Å². The van der Waals surface area contributed by atoms with Crippen molar-refractivity contribution in [2.24, 2.45) is 5.41 Å². The van der Waals surface area contributed by atoms with Gasteiger partial charge in [-0.1, -0.05) is 42.5 Å². The topological polar surface area (TPSA) is 58.6 Å². The summed E-state index contributed by atoms with van der Waals surface area (Å²) in [5.74, 6) is -0.125. The number of hydrogen-bond donors (Lipinski definition) is 2. The second-order valence-electron chi connectivity index (χ2n) is 6.17. The molecule has 4 nitrogen and oxygen atoms in total. The van der Waals surface area contributed by atoms with Crippen LogP contribution >= 0.6 is 0 Å². The maximum absolute atomic E-state index is 12.3. The molecule has 122 valence electrons. The van der Waals surface area contributed by atoms with Gasteiger partial charge in [0.15, 0.2) is 0 Å². The quantitative estimate of drug-likeness (QED) is 0.646. The molecule has 4 heteroatoms. The van der Waals surface area contributed by atoms with Gasteiger partial charge < -0.3 is 15.2 Å². The fourth-order valence-electron chi connectivity index (χ4n) is 2.64. The molecular weight excluding hydrogens is 290 g/mol. The first-order valence-electron chi connectivity index (χ1n) is 7.56. The van der Waals surface area contributed by atoms with Crippen molar-refractivity contribution in [2.75, 3.05) is 12.4 Å². The molecule has 0 saturated heterocycles. The SMILES string of the molecule is COC(=O)C(C)(C)[C@H](Nc1cccc(C)c1O)c1ccccc1. The number of aryl methyl sites for hydroxylation is 1. The molecule has 2 aromatic carbocycles. The molecule has 0 aromatic heterocycles. The van der Waals surface area contributed by atoms with E-state index in [1.54, 1.807) is 6.07 Å². The van der Waals surface area contributed by atoms with Crippen LogP contribution in [-0.4, -0.2) is 18.2 Å². The van der Waals surface area contributed by atoms with E-state index in [0.29, 0.717) is 5.69 Å². The van der Waals surface area contributed by atoms with E-state index in [9.17, 15) is 9.90 Å². The first kappa shape index (κ1) is 16.9. The van der Waals surface area contributed by atoms with Crippen LogP contribution < -0.4 is 5.32 Å². The summed E-state index contributed by atoms with van der Waals surface area (Å²) in [6.07, 6.45) is 0. The number of rotatable bonds is 5. The summed E-state index contributed by atoms with van der Waals surface area (Å²) in [4.78, 5) is 12.3. The number of carbonyl (C=O) groups is 1. The number of carbonyl (C=O) groups excluding carboxylic acids is 1. The van der Waals surface area contributed by atoms with Gasteiger partial charge in [0.25, 0.3) is 0 Å². The van der Waals surface area contributed by atoms with Crippen LogP contribution in [0.25, 0.3) is 0 Å². The van der Waals surface area contributed by atoms with Crippen LogP contribution in [0.2, 0.25) is 0 Å². The molecule has 0 aliphatic carbocycles. The second kappa shape index (κ2) is 6.73. The van der Waals surface area contributed by atoms with E-state index in [2.05, 4.69) is 5.32 Å². The standard InChI is InChI=1S/C19H23NO3/c1-13-9-8-12-15(16(13)21)20-17(14-10-6-5-7-11-14)19(2,3)18(22)23-4/h5-12,17,20-21H,1-4H3/t17-/m1/s1. The number of nitrogens with one attached hydrogen (secondary N) is 1. The van der Waals surface area contributed by atoms with Gasteiger partial charge in [-0.2, -0.15) is 0 Å². The van der Waals surface area contributed by atoms with Crippen LogP contribution in [0.1, 0.15) is 31.0 Å². The van der Waals surface area contributed by atoms with Gasteiger partial charge in [0.1, 0.15) is 5.75 Å². The number of phenols is 1. The highest BCUT2D eigenvalue weighted by atomic mass is 16.5. The third kappa shape index (κ3) is 3.47. The summed E-state index contributed by atoms with van der Waals surface area (Å²) >= 11 is 0. The van der Waals surface area contributed by atoms with Crippen LogP contribution in [0.15, 0.2) is 48.5 Å². The van der Waals surface area contributed by atoms with Crippen molar-refractivity contribution >= 4 is 11.7 Å². The van der Waals surface area contributed by atoms with E-state index in [0.717, 1.165) is 11.1 Å². The lowest BCUT2D eigenvalue weighted by Crippen LogP contribution is -2.36. The third-order valence-corrected chi connectivity index (χ3v) is 4.10. The minimum Gasteiger partial charge on any atom is -0.506 e. The lowest BCUT2D eigenvalue weighted by molar-refractivity contribution is -0.151. The third-order valence-electron chi connectivity index (χ3n) is 4.10. The fraction of sp³-hybridized carbons (Fsp3) is 0.316. The van der Waals surface area contributed by atoms with Crippen molar-refractivity contribution in [3.05, 3.63) is 59.7 Å². The van der Waals surface area contributed by atoms with E-state index in [4.69, 9.17) is 4.74 Å². The van der Waals surface area contributed by atoms with Gasteiger partial charge in [-0.25, -0.2) is 0 Å². The summed E-state index contributed by atoms with van der Waals surface area (Å²) in [6, 6.07) is 14.8. The predicted molar refractivity (Wildman–Crippen MR) is 91.4 cm³/mol. The summed E-state index contributed by atoms with van der Waals surface area (Å²) in [7, 11) is 1.39. The number of anilines is 1. The summed E-state index contributed by atoms with van der Waals surface area (Å²) in [5, 5.41) is 13.6. The Balaban J connectivity index is 2.46. The zero-order valence-corrected chi connectivity index (χ0v) is 14.0. The number of phenolic OH excluding ortho intramolecular Hbond substituents is 1. The number of para-hydroxylation sites is 1. The number of ether oxygens (including phenoxy) is 1. The van der Waals surface area contributed by atoms with E-state index in [-0.39, 0.29) is 17.8 Å². The largest absolute Gasteiger partial charge is 0.506 e. The molecule has 0 fully saturated rings. The molecule has 1 atom stereocenters. The Labute approximate surface area is 137 Å². The van der Waals surface area contributed by atoms with Crippen molar-refractivity contribution in [1.29, 1.82) is 0 Å². The maximum atomic E-state index is 12.3. The van der Waals surface area contributed by atoms with Gasteiger partial charge in [0.2, 0.25) is 0 Å². The summed E-state index contributed by atoms with van der Waals surface area (Å²) < 4.78 is 4.97. The smallest absolute Gasteiger partial charge is 0.313 e. The Hall–Kier alpha value is -2.49. The number of aromatic hydroxyl groups is 1. The molecule has 0 amide bonds. The van der Waals surface area contributed by atoms with Crippen molar-refractivity contribution < 1.29 is 14.6 Å². The lowest BCUT2D eigenvalue weighted by Gasteiger charge is -2.33. The monoisotopic (exact) mass is 313 g/mol. The molecule has 0 bridgehead atoms. The Morgan fingerprint density at radius 1 is 1.13 bits per heavy atom. The molecule has 0 saturated carbocycles. The molecule has 0 aliphatic heterocycles. The number of benzene rings is 2. The Kier molecular flexibility index (Phi) is 4.94. The van der Waals surface area contributed by atoms with E-state index in [1.807, 2.05) is 63.2 Å². The van der Waals surface area contributed by atoms with Crippen molar-refractivity contribution in [3.8, 4) is 5.75 Å². The summed E-state index contributed by atoms with van der Waals surface area (Å²) in [6.45, 7) is 5.50. The van der Waals surface area contributed by atoms with Gasteiger partial charge in [0.05, 0.1) is 24.3 Å². The molecule has 0 radical (unpaired) electrons. The van der Waals surface area contributed by atoms with Crippen LogP contribution in [-0.2, 0) is 9.53 Å². The van der Waals surface area contributed by atoms with Gasteiger partial charge in [-0.3, -0.25) is 4.79 Å². The number of methoxy groups -OCH3 is 1. The number of esters is 1. The van der Waals surface area contributed by atoms with Gasteiger partial charge in [0, 0.05) is 0 Å². The molecule has 0 unspecified atom stereocenters. The lowest BCUT2D eigenvalue weighted by atomic mass is 9.80. The van der Waals surface area contributed by atoms with Gasteiger partial charge in [-0.05, 0) is 38.0 Å². The highest BCUT2D eigenvalue weighted by Crippen LogP contribution is 2.39. The molecule has 2 aromatic rings. The normalized spacial score (nSPS) is 12.5. The molecule has 23 heavy (non-hydrogen) atoms. The zero-order chi connectivity index (χ0) is 17.0. The highest BCUT2D eigenvalue weighted by Gasteiger charge is 2.39. The average Bonchev–Trinajstić information content (AvgIpc) is 2.56. The van der Waals surface area contributed by atoms with E-state index in [1.165, 1.54) is 7.11 Å². The first-order chi connectivity index (χ1) is 10.9. The summed E-state index contributed by atoms with van der Waals surface area (Å²) in [5.41, 5.74) is 1.50. The second-order valence-corrected chi connectivity index (χ2v) is 6.17. The first-order valence-corrected chi connectivity index (χ1v) is 7.56. The maximum Gasteiger partial charge on any atom is 0.313 e. The van der Waals surface area contributed by atoms with E-state index < -0.39 is 5.41 Å². The molecule has 2 rings (SSSR count). The predicted octanol–water partition coefficient (Wildman–Crippen LogP) is 4.05. The van der Waals surface area contributed by atoms with E-state index >= 15 is 0 Å². The van der Waals surface area contributed by atoms with Crippen molar-refractivity contribution in [2.45, 2.75) is 26.8 Å². The minimum atomic E-state index is -0.813. The minimum absolute atomic E-state index is 0.189. The molecule has 0 aliphatic rings. The molecule has 2 N–H and O–H groups in total. The molecule has 0 spiro atoms. The number of hydrogen-bond acceptors (Lipinski definition) is 4. The Morgan fingerprint density at radius 3 is 2.39 bits per heavy atom. The van der Waals surface area contributed by atoms with Crippen LogP contribution in [0.4, 0.5) is 5.69 Å². The van der Waals surface area contributed by atoms with Gasteiger partial charge in [-0.15, -0.1) is 0 Å².